The zero-order valence-corrected chi connectivity index (χ0v) is 14.6. The lowest BCUT2D eigenvalue weighted by molar-refractivity contribution is -0.141. The van der Waals surface area contributed by atoms with Crippen molar-refractivity contribution in [3.63, 3.8) is 0 Å². The van der Waals surface area contributed by atoms with Gasteiger partial charge >= 0.3 is 6.18 Å². The summed E-state index contributed by atoms with van der Waals surface area (Å²) in [6.45, 7) is 0.801. The van der Waals surface area contributed by atoms with Crippen LogP contribution in [0, 0.1) is 5.92 Å². The minimum absolute atomic E-state index is 0.0373. The molecule has 2 amide bonds. The van der Waals surface area contributed by atoms with Crippen molar-refractivity contribution >= 4 is 17.5 Å². The van der Waals surface area contributed by atoms with Gasteiger partial charge in [-0.2, -0.15) is 18.3 Å². The van der Waals surface area contributed by atoms with Crippen LogP contribution in [0.2, 0.25) is 0 Å². The lowest BCUT2D eigenvalue weighted by Crippen LogP contribution is -2.41. The molecular weight excluding hydrogens is 351 g/mol. The van der Waals surface area contributed by atoms with Gasteiger partial charge < -0.3 is 9.47 Å². The van der Waals surface area contributed by atoms with Gasteiger partial charge in [0.2, 0.25) is 5.91 Å². The quantitative estimate of drug-likeness (QED) is 0.809. The van der Waals surface area contributed by atoms with Crippen LogP contribution in [-0.4, -0.2) is 57.6 Å². The van der Waals surface area contributed by atoms with Crippen LogP contribution in [0.25, 0.3) is 0 Å². The number of carbonyl (C=O) groups excluding carboxylic acids is 2. The lowest BCUT2D eigenvalue weighted by atomic mass is 9.98. The molecule has 3 rings (SSSR count). The fourth-order valence-corrected chi connectivity index (χ4v) is 3.31. The van der Waals surface area contributed by atoms with Crippen LogP contribution < -0.4 is 0 Å². The number of hydrogen-bond donors (Lipinski definition) is 0. The highest BCUT2D eigenvalue weighted by Gasteiger charge is 2.36. The first kappa shape index (κ1) is 18.4. The molecule has 1 atom stereocenters. The first-order valence-electron chi connectivity index (χ1n) is 8.38. The van der Waals surface area contributed by atoms with Crippen LogP contribution in [0.4, 0.5) is 13.2 Å². The van der Waals surface area contributed by atoms with E-state index in [9.17, 15) is 22.8 Å². The van der Waals surface area contributed by atoms with Crippen molar-refractivity contribution in [1.29, 1.82) is 0 Å². The highest BCUT2D eigenvalue weighted by molar-refractivity contribution is 6.39. The molecule has 142 valence electrons. The van der Waals surface area contributed by atoms with Crippen molar-refractivity contribution < 1.29 is 22.8 Å². The third kappa shape index (κ3) is 3.73. The predicted molar refractivity (Wildman–Crippen MR) is 86.1 cm³/mol. The molecule has 0 bridgehead atoms. The van der Waals surface area contributed by atoms with E-state index >= 15 is 0 Å². The summed E-state index contributed by atoms with van der Waals surface area (Å²) in [5, 5.41) is 5.18. The van der Waals surface area contributed by atoms with Gasteiger partial charge in [0, 0.05) is 52.6 Å². The molecule has 0 saturated heterocycles. The molecule has 0 N–H and O–H groups in total. The van der Waals surface area contributed by atoms with E-state index in [-0.39, 0.29) is 24.2 Å². The average Bonchev–Trinajstić information content (AvgIpc) is 3.00. The summed E-state index contributed by atoms with van der Waals surface area (Å²) in [7, 11) is 3.15. The van der Waals surface area contributed by atoms with Gasteiger partial charge in [-0.3, -0.25) is 9.59 Å². The molecule has 26 heavy (non-hydrogen) atoms. The Kier molecular flexibility index (Phi) is 4.76. The van der Waals surface area contributed by atoms with Gasteiger partial charge in [-0.15, -0.1) is 0 Å². The fraction of sp³-hybridized carbons (Fsp3) is 0.625. The van der Waals surface area contributed by atoms with E-state index in [0.29, 0.717) is 43.9 Å². The topological polar surface area (TPSA) is 70.8 Å². The van der Waals surface area contributed by atoms with Crippen LogP contribution in [0.1, 0.15) is 30.8 Å². The van der Waals surface area contributed by atoms with Gasteiger partial charge in [-0.05, 0) is 12.3 Å². The van der Waals surface area contributed by atoms with Crippen molar-refractivity contribution in [3.05, 3.63) is 17.7 Å². The van der Waals surface area contributed by atoms with Gasteiger partial charge in [-0.25, -0.2) is 9.99 Å². The number of fused-ring (bicyclic) bond motifs is 1. The molecule has 1 aromatic heterocycles. The Bertz CT molecular complexity index is 756. The summed E-state index contributed by atoms with van der Waals surface area (Å²) in [6, 6.07) is 0. The third-order valence-corrected chi connectivity index (χ3v) is 4.71. The number of imidazole rings is 1. The van der Waals surface area contributed by atoms with Gasteiger partial charge in [0.1, 0.15) is 11.5 Å². The molecular formula is C16H20F3N5O2. The number of carbonyl (C=O) groups is 2. The summed E-state index contributed by atoms with van der Waals surface area (Å²) in [6.07, 6.45) is -1.75. The monoisotopic (exact) mass is 371 g/mol. The summed E-state index contributed by atoms with van der Waals surface area (Å²) in [5.74, 6) is 0.0796. The van der Waals surface area contributed by atoms with E-state index < -0.39 is 11.9 Å². The fourth-order valence-electron chi connectivity index (χ4n) is 3.31. The molecule has 2 aliphatic rings. The summed E-state index contributed by atoms with van der Waals surface area (Å²) in [5.41, 5.74) is -0.546. The van der Waals surface area contributed by atoms with Crippen molar-refractivity contribution in [1.82, 2.24) is 19.5 Å². The first-order valence-corrected chi connectivity index (χ1v) is 8.38. The number of hydrogen-bond acceptors (Lipinski definition) is 4. The normalized spacial score (nSPS) is 20.7. The Morgan fingerprint density at radius 2 is 2.08 bits per heavy atom. The molecule has 0 radical (unpaired) electrons. The number of rotatable bonds is 3. The highest BCUT2D eigenvalue weighted by Crippen LogP contribution is 2.30. The molecule has 2 aliphatic heterocycles. The molecule has 0 spiro atoms. The summed E-state index contributed by atoms with van der Waals surface area (Å²) >= 11 is 0. The molecule has 0 aromatic carbocycles. The maximum atomic E-state index is 12.8. The summed E-state index contributed by atoms with van der Waals surface area (Å²) < 4.78 is 39.9. The smallest absolute Gasteiger partial charge is 0.340 e. The molecule has 0 unspecified atom stereocenters. The number of hydrazone groups is 1. The minimum atomic E-state index is -4.45. The van der Waals surface area contributed by atoms with Gasteiger partial charge in [-0.1, -0.05) is 0 Å². The Hall–Kier alpha value is -2.39. The van der Waals surface area contributed by atoms with Crippen molar-refractivity contribution in [2.75, 3.05) is 20.6 Å². The SMILES string of the molecule is CN(C[C@H]1CCc2nc(C(F)(F)F)cn2C1)C(=O)C1=NN(C)C(=O)CC1. The second-order valence-corrected chi connectivity index (χ2v) is 6.75. The standard InChI is InChI=1S/C16H20F3N5O2/c1-22(15(26)11-4-6-14(25)23(2)21-11)7-10-3-5-13-20-12(16(17,18)19)9-24(13)8-10/h9-10H,3-8H2,1-2H3/t10-/m1/s1. The van der Waals surface area contributed by atoms with Crippen molar-refractivity contribution in [2.24, 2.45) is 11.0 Å². The van der Waals surface area contributed by atoms with Crippen LogP contribution in [-0.2, 0) is 28.7 Å². The second-order valence-electron chi connectivity index (χ2n) is 6.75. The van der Waals surface area contributed by atoms with E-state index in [1.165, 1.54) is 21.5 Å². The highest BCUT2D eigenvalue weighted by atomic mass is 19.4. The van der Waals surface area contributed by atoms with E-state index in [2.05, 4.69) is 10.1 Å². The number of aromatic nitrogens is 2. The molecule has 0 saturated carbocycles. The number of halogens is 3. The first-order chi connectivity index (χ1) is 12.1. The van der Waals surface area contributed by atoms with Crippen LogP contribution in [0.5, 0.6) is 0 Å². The van der Waals surface area contributed by atoms with Crippen molar-refractivity contribution in [2.45, 2.75) is 38.4 Å². The molecule has 1 aromatic rings. The van der Waals surface area contributed by atoms with Gasteiger partial charge in [0.15, 0.2) is 5.69 Å². The Morgan fingerprint density at radius 3 is 2.73 bits per heavy atom. The third-order valence-electron chi connectivity index (χ3n) is 4.71. The largest absolute Gasteiger partial charge is 0.434 e. The minimum Gasteiger partial charge on any atom is -0.340 e. The van der Waals surface area contributed by atoms with Crippen LogP contribution >= 0.6 is 0 Å². The van der Waals surface area contributed by atoms with Crippen LogP contribution in [0.3, 0.4) is 0 Å². The second kappa shape index (κ2) is 6.73. The zero-order valence-electron chi connectivity index (χ0n) is 14.6. The summed E-state index contributed by atoms with van der Waals surface area (Å²) in [4.78, 5) is 29.1. The lowest BCUT2D eigenvalue weighted by Gasteiger charge is -2.29. The zero-order chi connectivity index (χ0) is 19.1. The predicted octanol–water partition coefficient (Wildman–Crippen LogP) is 1.53. The van der Waals surface area contributed by atoms with Crippen molar-refractivity contribution in [3.8, 4) is 0 Å². The molecule has 7 nitrogen and oxygen atoms in total. The maximum absolute atomic E-state index is 12.8. The Labute approximate surface area is 148 Å². The molecule has 0 fully saturated rings. The van der Waals surface area contributed by atoms with E-state index in [1.54, 1.807) is 7.05 Å². The van der Waals surface area contributed by atoms with Crippen LogP contribution in [0.15, 0.2) is 11.3 Å². The number of amides is 2. The average molecular weight is 371 g/mol. The Balaban J connectivity index is 1.63. The Morgan fingerprint density at radius 1 is 1.35 bits per heavy atom. The molecule has 0 aliphatic carbocycles. The van der Waals surface area contributed by atoms with Gasteiger partial charge in [0.05, 0.1) is 0 Å². The maximum Gasteiger partial charge on any atom is 0.434 e. The number of aryl methyl sites for hydroxylation is 1. The number of nitrogens with zero attached hydrogens (tertiary/aromatic N) is 5. The van der Waals surface area contributed by atoms with Gasteiger partial charge in [0.25, 0.3) is 5.91 Å². The number of alkyl halides is 3. The van der Waals surface area contributed by atoms with E-state index in [4.69, 9.17) is 0 Å². The van der Waals surface area contributed by atoms with E-state index in [1.807, 2.05) is 0 Å². The molecule has 10 heteroatoms. The van der Waals surface area contributed by atoms with E-state index in [0.717, 1.165) is 6.20 Å². The molecule has 3 heterocycles.